The molecule has 1 aliphatic heterocycles. The zero-order valence-electron chi connectivity index (χ0n) is 11.6. The van der Waals surface area contributed by atoms with E-state index in [2.05, 4.69) is 22.2 Å². The third kappa shape index (κ3) is 3.54. The van der Waals surface area contributed by atoms with Gasteiger partial charge in [0.15, 0.2) is 0 Å². The highest BCUT2D eigenvalue weighted by atomic mass is 16.5. The van der Waals surface area contributed by atoms with Gasteiger partial charge in [0.1, 0.15) is 6.04 Å². The Kier molecular flexibility index (Phi) is 4.93. The summed E-state index contributed by atoms with van der Waals surface area (Å²) in [6, 6.07) is -0.196. The number of rotatable bonds is 5. The second-order valence-corrected chi connectivity index (χ2v) is 4.65. The third-order valence-electron chi connectivity index (χ3n) is 3.31. The maximum atomic E-state index is 11.9. The molecule has 0 amide bonds. The molecule has 1 unspecified atom stereocenters. The average Bonchev–Trinajstić information content (AvgIpc) is 2.87. The highest BCUT2D eigenvalue weighted by Gasteiger charge is 2.29. The largest absolute Gasteiger partial charge is 0.465 e. The fourth-order valence-corrected chi connectivity index (χ4v) is 2.30. The lowest BCUT2D eigenvalue weighted by atomic mass is 10.1. The number of hydrogen-bond donors (Lipinski definition) is 1. The van der Waals surface area contributed by atoms with Crippen molar-refractivity contribution < 1.29 is 9.53 Å². The van der Waals surface area contributed by atoms with Crippen molar-refractivity contribution in [2.24, 2.45) is 0 Å². The smallest absolute Gasteiger partial charge is 0.324 e. The Bertz CT molecular complexity index is 419. The molecule has 0 saturated carbocycles. The first-order valence-electron chi connectivity index (χ1n) is 6.87. The second kappa shape index (κ2) is 6.68. The lowest BCUT2D eigenvalue weighted by molar-refractivity contribution is -0.150. The average molecular weight is 266 g/mol. The van der Waals surface area contributed by atoms with Gasteiger partial charge in [-0.05, 0) is 13.8 Å². The molecule has 0 spiro atoms. The summed E-state index contributed by atoms with van der Waals surface area (Å²) in [5, 5.41) is 7.51. The number of esters is 1. The Morgan fingerprint density at radius 1 is 1.58 bits per heavy atom. The lowest BCUT2D eigenvalue weighted by Gasteiger charge is -2.34. The number of aryl methyl sites for hydroxylation is 1. The molecule has 19 heavy (non-hydrogen) atoms. The fourth-order valence-electron chi connectivity index (χ4n) is 2.30. The van der Waals surface area contributed by atoms with Gasteiger partial charge in [-0.15, -0.1) is 0 Å². The number of nitrogens with one attached hydrogen (secondary N) is 1. The van der Waals surface area contributed by atoms with Gasteiger partial charge in [0, 0.05) is 44.5 Å². The Morgan fingerprint density at radius 3 is 3.11 bits per heavy atom. The summed E-state index contributed by atoms with van der Waals surface area (Å²) in [6.45, 7) is 8.33. The van der Waals surface area contributed by atoms with Crippen LogP contribution in [0.4, 0.5) is 0 Å². The first-order chi connectivity index (χ1) is 9.24. The summed E-state index contributed by atoms with van der Waals surface area (Å²) in [5.74, 6) is -0.141. The molecule has 1 aromatic heterocycles. The van der Waals surface area contributed by atoms with Crippen LogP contribution in [0.25, 0.3) is 0 Å². The van der Waals surface area contributed by atoms with Crippen LogP contribution in [0.5, 0.6) is 0 Å². The van der Waals surface area contributed by atoms with Crippen molar-refractivity contribution in [1.82, 2.24) is 20.0 Å². The van der Waals surface area contributed by atoms with E-state index in [1.54, 1.807) is 0 Å². The summed E-state index contributed by atoms with van der Waals surface area (Å²) in [6.07, 6.45) is 3.90. The van der Waals surface area contributed by atoms with E-state index in [0.717, 1.165) is 31.7 Å². The standard InChI is InChI=1S/C13H22N4O2/c1-3-17-10-11(7-15-17)9-16-6-5-14-8-12(16)13(18)19-4-2/h7,10,12,14H,3-6,8-9H2,1-2H3. The highest BCUT2D eigenvalue weighted by Crippen LogP contribution is 2.11. The van der Waals surface area contributed by atoms with E-state index in [9.17, 15) is 4.79 Å². The van der Waals surface area contributed by atoms with Crippen LogP contribution in [0.1, 0.15) is 19.4 Å². The molecular formula is C13H22N4O2. The Labute approximate surface area is 113 Å². The SMILES string of the molecule is CCOC(=O)C1CNCCN1Cc1cnn(CC)c1. The molecule has 1 aromatic rings. The summed E-state index contributed by atoms with van der Waals surface area (Å²) >= 11 is 0. The molecule has 6 heteroatoms. The van der Waals surface area contributed by atoms with E-state index in [1.807, 2.05) is 24.0 Å². The van der Waals surface area contributed by atoms with Crippen LogP contribution in [-0.2, 0) is 22.6 Å². The van der Waals surface area contributed by atoms with Crippen molar-refractivity contribution in [3.05, 3.63) is 18.0 Å². The van der Waals surface area contributed by atoms with Crippen LogP contribution in [-0.4, -0.2) is 52.9 Å². The molecule has 1 fully saturated rings. The van der Waals surface area contributed by atoms with Gasteiger partial charge in [0.05, 0.1) is 12.8 Å². The molecule has 1 N–H and O–H groups in total. The Hall–Kier alpha value is -1.40. The number of ether oxygens (including phenoxy) is 1. The Balaban J connectivity index is 2.00. The molecule has 0 radical (unpaired) electrons. The maximum Gasteiger partial charge on any atom is 0.324 e. The summed E-state index contributed by atoms with van der Waals surface area (Å²) in [7, 11) is 0. The van der Waals surface area contributed by atoms with Crippen LogP contribution in [0.3, 0.4) is 0 Å². The molecule has 0 bridgehead atoms. The molecule has 106 valence electrons. The minimum Gasteiger partial charge on any atom is -0.465 e. The van der Waals surface area contributed by atoms with Crippen molar-refractivity contribution in [3.8, 4) is 0 Å². The maximum absolute atomic E-state index is 11.9. The summed E-state index contributed by atoms with van der Waals surface area (Å²) in [4.78, 5) is 14.1. The first kappa shape index (κ1) is 14.0. The zero-order valence-corrected chi connectivity index (χ0v) is 11.6. The molecule has 1 aliphatic rings. The minimum absolute atomic E-state index is 0.141. The van der Waals surface area contributed by atoms with Crippen molar-refractivity contribution in [1.29, 1.82) is 0 Å². The molecule has 0 aromatic carbocycles. The quantitative estimate of drug-likeness (QED) is 0.774. The van der Waals surface area contributed by atoms with Crippen LogP contribution < -0.4 is 5.32 Å². The predicted molar refractivity (Wildman–Crippen MR) is 71.6 cm³/mol. The van der Waals surface area contributed by atoms with E-state index in [4.69, 9.17) is 4.74 Å². The zero-order chi connectivity index (χ0) is 13.7. The summed E-state index contributed by atoms with van der Waals surface area (Å²) in [5.41, 5.74) is 1.14. The van der Waals surface area contributed by atoms with E-state index < -0.39 is 0 Å². The van der Waals surface area contributed by atoms with Crippen molar-refractivity contribution in [3.63, 3.8) is 0 Å². The lowest BCUT2D eigenvalue weighted by Crippen LogP contribution is -2.54. The fraction of sp³-hybridized carbons (Fsp3) is 0.692. The van der Waals surface area contributed by atoms with Crippen molar-refractivity contribution in [2.45, 2.75) is 33.0 Å². The van der Waals surface area contributed by atoms with Gasteiger partial charge in [-0.1, -0.05) is 0 Å². The van der Waals surface area contributed by atoms with Crippen LogP contribution >= 0.6 is 0 Å². The van der Waals surface area contributed by atoms with Gasteiger partial charge in [-0.2, -0.15) is 5.10 Å². The van der Waals surface area contributed by atoms with Crippen LogP contribution in [0.15, 0.2) is 12.4 Å². The van der Waals surface area contributed by atoms with Gasteiger partial charge >= 0.3 is 5.97 Å². The van der Waals surface area contributed by atoms with Gasteiger partial charge < -0.3 is 10.1 Å². The monoisotopic (exact) mass is 266 g/mol. The molecule has 1 atom stereocenters. The molecule has 0 aliphatic carbocycles. The van der Waals surface area contributed by atoms with Crippen molar-refractivity contribution >= 4 is 5.97 Å². The molecule has 2 rings (SSSR count). The van der Waals surface area contributed by atoms with Gasteiger partial charge in [0.2, 0.25) is 0 Å². The van der Waals surface area contributed by atoms with Gasteiger partial charge in [-0.25, -0.2) is 0 Å². The van der Waals surface area contributed by atoms with Gasteiger partial charge in [0.25, 0.3) is 0 Å². The van der Waals surface area contributed by atoms with Crippen LogP contribution in [0, 0.1) is 0 Å². The minimum atomic E-state index is -0.196. The molecule has 1 saturated heterocycles. The van der Waals surface area contributed by atoms with E-state index >= 15 is 0 Å². The number of piperazine rings is 1. The van der Waals surface area contributed by atoms with E-state index in [0.29, 0.717) is 13.2 Å². The normalized spacial score (nSPS) is 20.4. The topological polar surface area (TPSA) is 59.4 Å². The Morgan fingerprint density at radius 2 is 2.42 bits per heavy atom. The number of hydrogen-bond acceptors (Lipinski definition) is 5. The van der Waals surface area contributed by atoms with Gasteiger partial charge in [-0.3, -0.25) is 14.4 Å². The molecule has 6 nitrogen and oxygen atoms in total. The van der Waals surface area contributed by atoms with E-state index in [-0.39, 0.29) is 12.0 Å². The highest BCUT2D eigenvalue weighted by molar-refractivity contribution is 5.76. The van der Waals surface area contributed by atoms with E-state index in [1.165, 1.54) is 0 Å². The molecule has 2 heterocycles. The summed E-state index contributed by atoms with van der Waals surface area (Å²) < 4.78 is 7.03. The number of nitrogens with zero attached hydrogens (tertiary/aromatic N) is 3. The molecular weight excluding hydrogens is 244 g/mol. The third-order valence-corrected chi connectivity index (χ3v) is 3.31. The predicted octanol–water partition coefficient (Wildman–Crippen LogP) is 0.240. The number of carbonyl (C=O) groups is 1. The van der Waals surface area contributed by atoms with Crippen molar-refractivity contribution in [2.75, 3.05) is 26.2 Å². The van der Waals surface area contributed by atoms with Crippen LogP contribution in [0.2, 0.25) is 0 Å². The first-order valence-corrected chi connectivity index (χ1v) is 6.87. The second-order valence-electron chi connectivity index (χ2n) is 4.65. The number of aromatic nitrogens is 2. The number of carbonyl (C=O) groups excluding carboxylic acids is 1.